The van der Waals surface area contributed by atoms with E-state index >= 15 is 0 Å². The van der Waals surface area contributed by atoms with Gasteiger partial charge >= 0.3 is 0 Å². The maximum Gasteiger partial charge on any atom is 0.138 e. The summed E-state index contributed by atoms with van der Waals surface area (Å²) in [4.78, 5) is 6.61. The van der Waals surface area contributed by atoms with Crippen LogP contribution >= 0.6 is 0 Å². The minimum atomic E-state index is -0.481. The van der Waals surface area contributed by atoms with Gasteiger partial charge < -0.3 is 9.84 Å². The molecule has 120 valence electrons. The van der Waals surface area contributed by atoms with Gasteiger partial charge in [0, 0.05) is 31.6 Å². The van der Waals surface area contributed by atoms with Crippen LogP contribution in [0, 0.1) is 5.92 Å². The van der Waals surface area contributed by atoms with Gasteiger partial charge in [-0.1, -0.05) is 13.8 Å². The van der Waals surface area contributed by atoms with Gasteiger partial charge in [-0.3, -0.25) is 4.90 Å². The van der Waals surface area contributed by atoms with Crippen LogP contribution < -0.4 is 0 Å². The Bertz CT molecular complexity index is 439. The quantitative estimate of drug-likeness (QED) is 0.847. The van der Waals surface area contributed by atoms with Crippen molar-refractivity contribution in [3.05, 3.63) is 12.2 Å². The van der Waals surface area contributed by atoms with Crippen LogP contribution in [0.15, 0.2) is 6.33 Å². The minimum Gasteiger partial charge on any atom is -0.391 e. The van der Waals surface area contributed by atoms with Gasteiger partial charge in [0.25, 0.3) is 0 Å². The van der Waals surface area contributed by atoms with Crippen molar-refractivity contribution in [1.82, 2.24) is 19.7 Å². The third kappa shape index (κ3) is 4.02. The van der Waals surface area contributed by atoms with Gasteiger partial charge in [0.15, 0.2) is 0 Å². The number of morpholine rings is 1. The van der Waals surface area contributed by atoms with Gasteiger partial charge in [-0.2, -0.15) is 5.10 Å². The second kappa shape index (κ2) is 6.85. The van der Waals surface area contributed by atoms with E-state index in [9.17, 15) is 5.11 Å². The summed E-state index contributed by atoms with van der Waals surface area (Å²) in [6.45, 7) is 12.5. The summed E-state index contributed by atoms with van der Waals surface area (Å²) in [5.74, 6) is 1.37. The summed E-state index contributed by atoms with van der Waals surface area (Å²) in [6, 6.07) is 0. The molecule has 0 aromatic carbocycles. The molecular formula is C15H28N4O2. The Hall–Kier alpha value is -0.980. The van der Waals surface area contributed by atoms with E-state index in [1.165, 1.54) is 0 Å². The third-order valence-electron chi connectivity index (χ3n) is 4.25. The van der Waals surface area contributed by atoms with E-state index in [0.717, 1.165) is 38.7 Å². The summed E-state index contributed by atoms with van der Waals surface area (Å²) < 4.78 is 7.30. The highest BCUT2D eigenvalue weighted by atomic mass is 16.5. The average Bonchev–Trinajstić information content (AvgIpc) is 2.86. The molecule has 2 heterocycles. The molecule has 6 nitrogen and oxygen atoms in total. The molecule has 1 atom stereocenters. The van der Waals surface area contributed by atoms with Crippen molar-refractivity contribution in [2.75, 3.05) is 26.3 Å². The zero-order chi connectivity index (χ0) is 15.5. The minimum absolute atomic E-state index is 0.293. The maximum atomic E-state index is 10.7. The van der Waals surface area contributed by atoms with Crippen molar-refractivity contribution in [2.24, 2.45) is 5.92 Å². The number of aliphatic hydroxyl groups is 1. The molecule has 1 N–H and O–H groups in total. The molecule has 2 rings (SSSR count). The Labute approximate surface area is 127 Å². The van der Waals surface area contributed by atoms with E-state index in [4.69, 9.17) is 4.74 Å². The molecular weight excluding hydrogens is 268 g/mol. The molecule has 6 heteroatoms. The average molecular weight is 296 g/mol. The molecule has 1 fully saturated rings. The zero-order valence-electron chi connectivity index (χ0n) is 13.6. The fourth-order valence-electron chi connectivity index (χ4n) is 2.72. The molecule has 1 aliphatic rings. The molecule has 1 aliphatic heterocycles. The lowest BCUT2D eigenvalue weighted by atomic mass is 9.91. The van der Waals surface area contributed by atoms with E-state index in [-0.39, 0.29) is 5.54 Å². The zero-order valence-corrected chi connectivity index (χ0v) is 13.6. The summed E-state index contributed by atoms with van der Waals surface area (Å²) in [6.07, 6.45) is 1.62. The highest BCUT2D eigenvalue weighted by Gasteiger charge is 2.36. The summed E-state index contributed by atoms with van der Waals surface area (Å²) >= 11 is 0. The number of hydrogen-bond acceptors (Lipinski definition) is 5. The summed E-state index contributed by atoms with van der Waals surface area (Å²) in [5, 5.41) is 15.0. The molecule has 1 saturated heterocycles. The number of hydrogen-bond donors (Lipinski definition) is 1. The van der Waals surface area contributed by atoms with Crippen molar-refractivity contribution in [2.45, 2.75) is 52.3 Å². The van der Waals surface area contributed by atoms with Gasteiger partial charge in [0.05, 0.1) is 19.3 Å². The topological polar surface area (TPSA) is 63.4 Å². The fourth-order valence-corrected chi connectivity index (χ4v) is 2.72. The predicted molar refractivity (Wildman–Crippen MR) is 81.0 cm³/mol. The SMILES string of the molecule is CC(C)Cn1ncnc1CC(O)C(C)(C)N1CCOCC1. The van der Waals surface area contributed by atoms with E-state index in [0.29, 0.717) is 12.3 Å². The Morgan fingerprint density at radius 2 is 2.00 bits per heavy atom. The molecule has 0 bridgehead atoms. The smallest absolute Gasteiger partial charge is 0.138 e. The molecule has 0 spiro atoms. The summed E-state index contributed by atoms with van der Waals surface area (Å²) in [7, 11) is 0. The molecule has 21 heavy (non-hydrogen) atoms. The molecule has 1 aromatic rings. The number of aromatic nitrogens is 3. The van der Waals surface area contributed by atoms with E-state index in [2.05, 4.69) is 42.7 Å². The first-order chi connectivity index (χ1) is 9.91. The summed E-state index contributed by atoms with van der Waals surface area (Å²) in [5.41, 5.74) is -0.293. The lowest BCUT2D eigenvalue weighted by molar-refractivity contribution is -0.0619. The molecule has 0 aliphatic carbocycles. The van der Waals surface area contributed by atoms with Crippen molar-refractivity contribution in [3.63, 3.8) is 0 Å². The molecule has 1 unspecified atom stereocenters. The van der Waals surface area contributed by atoms with Gasteiger partial charge in [0.1, 0.15) is 12.2 Å². The van der Waals surface area contributed by atoms with E-state index < -0.39 is 6.10 Å². The van der Waals surface area contributed by atoms with Crippen LogP contribution in [0.2, 0.25) is 0 Å². The Morgan fingerprint density at radius 3 is 2.62 bits per heavy atom. The van der Waals surface area contributed by atoms with Crippen LogP contribution in [0.4, 0.5) is 0 Å². The van der Waals surface area contributed by atoms with Crippen LogP contribution in [0.3, 0.4) is 0 Å². The van der Waals surface area contributed by atoms with Crippen LogP contribution in [0.1, 0.15) is 33.5 Å². The second-order valence-corrected chi connectivity index (χ2v) is 6.73. The van der Waals surface area contributed by atoms with E-state index in [1.807, 2.05) is 4.68 Å². The Balaban J connectivity index is 2.02. The Morgan fingerprint density at radius 1 is 1.33 bits per heavy atom. The normalized spacial score (nSPS) is 19.1. The largest absolute Gasteiger partial charge is 0.391 e. The number of ether oxygens (including phenoxy) is 1. The van der Waals surface area contributed by atoms with Gasteiger partial charge in [-0.25, -0.2) is 9.67 Å². The lowest BCUT2D eigenvalue weighted by Crippen LogP contribution is -2.57. The highest BCUT2D eigenvalue weighted by Crippen LogP contribution is 2.23. The number of aliphatic hydroxyl groups excluding tert-OH is 1. The van der Waals surface area contributed by atoms with Crippen LogP contribution in [0.5, 0.6) is 0 Å². The van der Waals surface area contributed by atoms with Crippen LogP contribution in [-0.4, -0.2) is 62.7 Å². The van der Waals surface area contributed by atoms with Gasteiger partial charge in [0.2, 0.25) is 0 Å². The van der Waals surface area contributed by atoms with Crippen LogP contribution in [0.25, 0.3) is 0 Å². The number of rotatable bonds is 6. The van der Waals surface area contributed by atoms with Crippen molar-refractivity contribution >= 4 is 0 Å². The van der Waals surface area contributed by atoms with Gasteiger partial charge in [-0.15, -0.1) is 0 Å². The number of nitrogens with zero attached hydrogens (tertiary/aromatic N) is 4. The lowest BCUT2D eigenvalue weighted by Gasteiger charge is -2.43. The van der Waals surface area contributed by atoms with Crippen molar-refractivity contribution in [1.29, 1.82) is 0 Å². The maximum absolute atomic E-state index is 10.7. The highest BCUT2D eigenvalue weighted by molar-refractivity contribution is 4.97. The first-order valence-corrected chi connectivity index (χ1v) is 7.78. The first kappa shape index (κ1) is 16.4. The van der Waals surface area contributed by atoms with Gasteiger partial charge in [-0.05, 0) is 19.8 Å². The first-order valence-electron chi connectivity index (χ1n) is 7.78. The molecule has 1 aromatic heterocycles. The van der Waals surface area contributed by atoms with E-state index in [1.54, 1.807) is 6.33 Å². The third-order valence-corrected chi connectivity index (χ3v) is 4.25. The van der Waals surface area contributed by atoms with Crippen molar-refractivity contribution in [3.8, 4) is 0 Å². The molecule has 0 saturated carbocycles. The molecule has 0 radical (unpaired) electrons. The fraction of sp³-hybridized carbons (Fsp3) is 0.867. The second-order valence-electron chi connectivity index (χ2n) is 6.73. The molecule has 0 amide bonds. The predicted octanol–water partition coefficient (Wildman–Crippen LogP) is 0.948. The van der Waals surface area contributed by atoms with Crippen LogP contribution in [-0.2, 0) is 17.7 Å². The Kier molecular flexibility index (Phi) is 5.35. The monoisotopic (exact) mass is 296 g/mol. The van der Waals surface area contributed by atoms with Crippen molar-refractivity contribution < 1.29 is 9.84 Å². The standard InChI is InChI=1S/C15H28N4O2/c1-12(2)10-19-14(16-11-17-19)9-13(20)15(3,4)18-5-7-21-8-6-18/h11-13,20H,5-10H2,1-4H3.